The number of hydrogen-bond acceptors (Lipinski definition) is 2. The fraction of sp³-hybridized carbons (Fsp3) is 0.333. The number of nitrogens with zero attached hydrogens (tertiary/aromatic N) is 1. The van der Waals surface area contributed by atoms with Gasteiger partial charge >= 0.3 is 5.97 Å². The fourth-order valence-electron chi connectivity index (χ4n) is 2.15. The van der Waals surface area contributed by atoms with Crippen LogP contribution in [-0.2, 0) is 4.79 Å². The molecule has 2 rings (SSSR count). The second-order valence-corrected chi connectivity index (χ2v) is 4.34. The number of rotatable bonds is 2. The lowest BCUT2D eigenvalue weighted by Crippen LogP contribution is -2.41. The van der Waals surface area contributed by atoms with E-state index in [1.807, 2.05) is 0 Å². The molecular formula is C12H9F4NO3. The highest BCUT2D eigenvalue weighted by atomic mass is 19.2. The van der Waals surface area contributed by atoms with E-state index in [1.54, 1.807) is 0 Å². The largest absolute Gasteiger partial charge is 0.480 e. The summed E-state index contributed by atoms with van der Waals surface area (Å²) in [6.45, 7) is 0.0237. The molecule has 8 heteroatoms. The van der Waals surface area contributed by atoms with Crippen molar-refractivity contribution >= 4 is 11.9 Å². The number of carbonyl (C=O) groups excluding carboxylic acids is 1. The third-order valence-electron chi connectivity index (χ3n) is 3.13. The van der Waals surface area contributed by atoms with Gasteiger partial charge in [-0.1, -0.05) is 0 Å². The normalized spacial score (nSPS) is 18.4. The number of carbonyl (C=O) groups is 2. The van der Waals surface area contributed by atoms with Crippen molar-refractivity contribution in [2.75, 3.05) is 6.54 Å². The third kappa shape index (κ3) is 2.21. The summed E-state index contributed by atoms with van der Waals surface area (Å²) in [6, 6.07) is -0.953. The van der Waals surface area contributed by atoms with Gasteiger partial charge in [0.15, 0.2) is 23.3 Å². The molecule has 1 atom stereocenters. The highest BCUT2D eigenvalue weighted by Crippen LogP contribution is 2.24. The van der Waals surface area contributed by atoms with Crippen LogP contribution in [-0.4, -0.2) is 34.5 Å². The summed E-state index contributed by atoms with van der Waals surface area (Å²) in [5.74, 6) is -10.1. The van der Waals surface area contributed by atoms with Crippen LogP contribution in [0.25, 0.3) is 0 Å². The van der Waals surface area contributed by atoms with Crippen LogP contribution in [0.5, 0.6) is 0 Å². The van der Waals surface area contributed by atoms with Crippen LogP contribution < -0.4 is 0 Å². The lowest BCUT2D eigenvalue weighted by atomic mass is 10.1. The molecule has 1 aliphatic rings. The van der Waals surface area contributed by atoms with Crippen LogP contribution >= 0.6 is 0 Å². The molecular weight excluding hydrogens is 282 g/mol. The molecule has 0 aliphatic carbocycles. The molecule has 1 N–H and O–H groups in total. The van der Waals surface area contributed by atoms with Gasteiger partial charge in [-0.3, -0.25) is 4.79 Å². The number of hydrogen-bond donors (Lipinski definition) is 1. The second kappa shape index (κ2) is 5.10. The maximum atomic E-state index is 13.5. The first-order valence-electron chi connectivity index (χ1n) is 5.71. The zero-order valence-electron chi connectivity index (χ0n) is 10.00. The summed E-state index contributed by atoms with van der Waals surface area (Å²) in [5.41, 5.74) is -1.02. The predicted molar refractivity (Wildman–Crippen MR) is 58.0 cm³/mol. The van der Waals surface area contributed by atoms with Gasteiger partial charge < -0.3 is 10.0 Å². The molecule has 0 bridgehead atoms. The van der Waals surface area contributed by atoms with Gasteiger partial charge in [0.1, 0.15) is 6.04 Å². The Kier molecular flexibility index (Phi) is 3.65. The van der Waals surface area contributed by atoms with E-state index in [4.69, 9.17) is 5.11 Å². The Labute approximate surface area is 110 Å². The van der Waals surface area contributed by atoms with Gasteiger partial charge in [0, 0.05) is 6.54 Å². The standard InChI is InChI=1S/C12H9F4NO3/c13-6-4-5(8(14)10(16)9(6)15)11(18)17-3-1-2-7(17)12(19)20/h4,7H,1-3H2,(H,19,20). The number of carboxylic acids is 1. The monoisotopic (exact) mass is 291 g/mol. The van der Waals surface area contributed by atoms with Gasteiger partial charge in [-0.25, -0.2) is 22.4 Å². The van der Waals surface area contributed by atoms with Crippen molar-refractivity contribution in [3.63, 3.8) is 0 Å². The van der Waals surface area contributed by atoms with Crippen molar-refractivity contribution in [1.82, 2.24) is 4.90 Å². The van der Waals surface area contributed by atoms with Gasteiger partial charge in [-0.15, -0.1) is 0 Å². The molecule has 1 aliphatic heterocycles. The molecule has 1 heterocycles. The Morgan fingerprint density at radius 3 is 2.40 bits per heavy atom. The third-order valence-corrected chi connectivity index (χ3v) is 3.13. The minimum absolute atomic E-state index is 0.0237. The average molecular weight is 291 g/mol. The minimum Gasteiger partial charge on any atom is -0.480 e. The molecule has 20 heavy (non-hydrogen) atoms. The summed E-state index contributed by atoms with van der Waals surface area (Å²) in [6.07, 6.45) is 0.533. The Morgan fingerprint density at radius 1 is 1.15 bits per heavy atom. The van der Waals surface area contributed by atoms with Crippen molar-refractivity contribution in [1.29, 1.82) is 0 Å². The van der Waals surface area contributed by atoms with Crippen molar-refractivity contribution in [2.24, 2.45) is 0 Å². The molecule has 108 valence electrons. The topological polar surface area (TPSA) is 57.6 Å². The van der Waals surface area contributed by atoms with Crippen molar-refractivity contribution in [3.05, 3.63) is 34.9 Å². The number of aliphatic carboxylic acids is 1. The number of halogens is 4. The molecule has 1 aromatic carbocycles. The maximum Gasteiger partial charge on any atom is 0.326 e. The van der Waals surface area contributed by atoms with E-state index in [0.717, 1.165) is 4.90 Å². The van der Waals surface area contributed by atoms with E-state index in [-0.39, 0.29) is 19.0 Å². The lowest BCUT2D eigenvalue weighted by molar-refractivity contribution is -0.141. The molecule has 0 spiro atoms. The van der Waals surface area contributed by atoms with E-state index in [1.165, 1.54) is 0 Å². The van der Waals surface area contributed by atoms with E-state index in [9.17, 15) is 27.2 Å². The van der Waals surface area contributed by atoms with Gasteiger partial charge in [0.2, 0.25) is 0 Å². The van der Waals surface area contributed by atoms with Crippen LogP contribution in [0.1, 0.15) is 23.2 Å². The molecule has 0 aromatic heterocycles. The number of likely N-dealkylation sites (tertiary alicyclic amines) is 1. The van der Waals surface area contributed by atoms with Crippen molar-refractivity contribution < 1.29 is 32.3 Å². The predicted octanol–water partition coefficient (Wildman–Crippen LogP) is 1.93. The zero-order valence-corrected chi connectivity index (χ0v) is 10.00. The first-order chi connectivity index (χ1) is 9.34. The smallest absolute Gasteiger partial charge is 0.326 e. The quantitative estimate of drug-likeness (QED) is 0.514. The Hall–Kier alpha value is -2.12. The van der Waals surface area contributed by atoms with E-state index < -0.39 is 46.8 Å². The molecule has 0 radical (unpaired) electrons. The van der Waals surface area contributed by atoms with Gasteiger partial charge in [-0.2, -0.15) is 0 Å². The van der Waals surface area contributed by atoms with Gasteiger partial charge in [-0.05, 0) is 18.9 Å². The maximum absolute atomic E-state index is 13.5. The summed E-state index contributed by atoms with van der Waals surface area (Å²) >= 11 is 0. The summed E-state index contributed by atoms with van der Waals surface area (Å²) in [5, 5.41) is 8.91. The van der Waals surface area contributed by atoms with E-state index in [0.29, 0.717) is 6.42 Å². The van der Waals surface area contributed by atoms with Crippen LogP contribution in [0.4, 0.5) is 17.6 Å². The Balaban J connectivity index is 2.42. The number of benzene rings is 1. The summed E-state index contributed by atoms with van der Waals surface area (Å²) in [7, 11) is 0. The van der Waals surface area contributed by atoms with Crippen molar-refractivity contribution in [3.8, 4) is 0 Å². The average Bonchev–Trinajstić information content (AvgIpc) is 2.89. The molecule has 1 aromatic rings. The van der Waals surface area contributed by atoms with E-state index >= 15 is 0 Å². The van der Waals surface area contributed by atoms with Crippen LogP contribution in [0, 0.1) is 23.3 Å². The first-order valence-corrected chi connectivity index (χ1v) is 5.71. The SMILES string of the molecule is O=C(O)C1CCCN1C(=O)c1cc(F)c(F)c(F)c1F. The molecule has 1 saturated heterocycles. The molecule has 1 unspecified atom stereocenters. The number of carboxylic acid groups (broad SMARTS) is 1. The van der Waals surface area contributed by atoms with Gasteiger partial charge in [0.25, 0.3) is 5.91 Å². The molecule has 4 nitrogen and oxygen atoms in total. The highest BCUT2D eigenvalue weighted by molar-refractivity contribution is 5.97. The fourth-order valence-corrected chi connectivity index (χ4v) is 2.15. The van der Waals surface area contributed by atoms with Crippen LogP contribution in [0.3, 0.4) is 0 Å². The Bertz CT molecular complexity index is 591. The van der Waals surface area contributed by atoms with Crippen molar-refractivity contribution in [2.45, 2.75) is 18.9 Å². The lowest BCUT2D eigenvalue weighted by Gasteiger charge is -2.21. The minimum atomic E-state index is -2.10. The molecule has 0 saturated carbocycles. The Morgan fingerprint density at radius 2 is 1.80 bits per heavy atom. The molecule has 1 amide bonds. The highest BCUT2D eigenvalue weighted by Gasteiger charge is 2.36. The van der Waals surface area contributed by atoms with Crippen LogP contribution in [0.15, 0.2) is 6.07 Å². The number of amides is 1. The van der Waals surface area contributed by atoms with Crippen LogP contribution in [0.2, 0.25) is 0 Å². The summed E-state index contributed by atoms with van der Waals surface area (Å²) < 4.78 is 52.4. The first kappa shape index (κ1) is 14.3. The van der Waals surface area contributed by atoms with Gasteiger partial charge in [0.05, 0.1) is 5.56 Å². The summed E-state index contributed by atoms with van der Waals surface area (Å²) in [4.78, 5) is 23.7. The zero-order chi connectivity index (χ0) is 15.0. The molecule has 1 fully saturated rings. The van der Waals surface area contributed by atoms with E-state index in [2.05, 4.69) is 0 Å². The second-order valence-electron chi connectivity index (χ2n) is 4.34.